The number of halogens is 4. The van der Waals surface area contributed by atoms with Crippen LogP contribution in [-0.4, -0.2) is 23.6 Å². The van der Waals surface area contributed by atoms with Crippen LogP contribution in [0.2, 0.25) is 5.02 Å². The van der Waals surface area contributed by atoms with E-state index in [4.69, 9.17) is 21.1 Å². The van der Waals surface area contributed by atoms with Crippen LogP contribution in [0.1, 0.15) is 32.7 Å². The second-order valence-corrected chi connectivity index (χ2v) is 8.57. The monoisotopic (exact) mass is 515 g/mol. The molecule has 3 aromatic carbocycles. The highest BCUT2D eigenvalue weighted by molar-refractivity contribution is 6.30. The third-order valence-corrected chi connectivity index (χ3v) is 6.06. The number of carbonyl (C=O) groups excluding carboxylic acids is 2. The Hall–Kier alpha value is -3.78. The van der Waals surface area contributed by atoms with Crippen LogP contribution < -0.4 is 4.74 Å². The van der Waals surface area contributed by atoms with Crippen LogP contribution >= 0.6 is 11.6 Å². The highest BCUT2D eigenvalue weighted by atomic mass is 35.5. The molecule has 0 N–H and O–H groups in total. The van der Waals surface area contributed by atoms with Crippen LogP contribution in [-0.2, 0) is 28.7 Å². The molecule has 1 heterocycles. The molecule has 5 nitrogen and oxygen atoms in total. The molecule has 1 aromatic heterocycles. The van der Waals surface area contributed by atoms with Gasteiger partial charge < -0.3 is 9.47 Å². The van der Waals surface area contributed by atoms with Gasteiger partial charge in [0.2, 0.25) is 0 Å². The molecule has 0 fully saturated rings. The summed E-state index contributed by atoms with van der Waals surface area (Å²) in [4.78, 5) is 26.1. The Kier molecular flexibility index (Phi) is 7.08. The smallest absolute Gasteiger partial charge is 0.416 e. The lowest BCUT2D eigenvalue weighted by Gasteiger charge is -2.10. The summed E-state index contributed by atoms with van der Waals surface area (Å²) in [7, 11) is 1.51. The Balaban J connectivity index is 1.63. The Morgan fingerprint density at radius 2 is 1.72 bits per heavy atom. The lowest BCUT2D eigenvalue weighted by Crippen LogP contribution is -2.14. The maximum atomic E-state index is 13.4. The van der Waals surface area contributed by atoms with E-state index in [2.05, 4.69) is 0 Å². The number of rotatable bonds is 6. The minimum Gasteiger partial charge on any atom is -0.497 e. The fraction of sp³-hybridized carbons (Fsp3) is 0.185. The first-order valence-corrected chi connectivity index (χ1v) is 11.3. The molecule has 0 bridgehead atoms. The van der Waals surface area contributed by atoms with Crippen LogP contribution in [0.5, 0.6) is 5.75 Å². The van der Waals surface area contributed by atoms with Gasteiger partial charge in [0.1, 0.15) is 12.4 Å². The summed E-state index contributed by atoms with van der Waals surface area (Å²) in [5.41, 5.74) is 1.48. The van der Waals surface area contributed by atoms with E-state index in [0.717, 1.165) is 12.1 Å². The number of alkyl halides is 3. The second kappa shape index (κ2) is 10.1. The van der Waals surface area contributed by atoms with Gasteiger partial charge in [0.25, 0.3) is 5.91 Å². The van der Waals surface area contributed by atoms with Gasteiger partial charge in [-0.25, -0.2) is 0 Å². The zero-order valence-electron chi connectivity index (χ0n) is 19.4. The van der Waals surface area contributed by atoms with Crippen molar-refractivity contribution in [2.75, 3.05) is 7.11 Å². The lowest BCUT2D eigenvalue weighted by molar-refractivity contribution is -0.144. The first-order valence-electron chi connectivity index (χ1n) is 10.9. The van der Waals surface area contributed by atoms with Gasteiger partial charge in [-0.1, -0.05) is 23.7 Å². The van der Waals surface area contributed by atoms with Crippen molar-refractivity contribution in [1.82, 2.24) is 4.57 Å². The molecule has 0 unspecified atom stereocenters. The Labute approximate surface area is 210 Å². The molecule has 0 amide bonds. The van der Waals surface area contributed by atoms with Gasteiger partial charge in [-0.05, 0) is 72.6 Å². The average Bonchev–Trinajstić information content (AvgIpc) is 3.12. The van der Waals surface area contributed by atoms with E-state index in [1.807, 2.05) is 0 Å². The van der Waals surface area contributed by atoms with Gasteiger partial charge in [-0.15, -0.1) is 0 Å². The average molecular weight is 516 g/mol. The highest BCUT2D eigenvalue weighted by Gasteiger charge is 2.30. The predicted octanol–water partition coefficient (Wildman–Crippen LogP) is 6.60. The molecule has 0 saturated carbocycles. The van der Waals surface area contributed by atoms with Gasteiger partial charge in [0, 0.05) is 21.7 Å². The Morgan fingerprint density at radius 3 is 2.39 bits per heavy atom. The zero-order chi connectivity index (χ0) is 26.0. The van der Waals surface area contributed by atoms with Gasteiger partial charge >= 0.3 is 12.1 Å². The topological polar surface area (TPSA) is 57.5 Å². The SMILES string of the molecule is COc1ccc2c(c1)c(CC(=O)OCc1cccc(C(F)(F)F)c1)c(C)n2C(=O)c1ccc(Cl)cc1. The van der Waals surface area contributed by atoms with Crippen LogP contribution in [0.3, 0.4) is 0 Å². The van der Waals surface area contributed by atoms with Gasteiger partial charge in [0.15, 0.2) is 0 Å². The summed E-state index contributed by atoms with van der Waals surface area (Å²) in [6, 6.07) is 16.2. The van der Waals surface area contributed by atoms with E-state index in [9.17, 15) is 22.8 Å². The molecule has 4 rings (SSSR count). The maximum absolute atomic E-state index is 13.4. The number of methoxy groups -OCH3 is 1. The zero-order valence-corrected chi connectivity index (χ0v) is 20.1. The van der Waals surface area contributed by atoms with E-state index < -0.39 is 17.7 Å². The number of hydrogen-bond donors (Lipinski definition) is 0. The summed E-state index contributed by atoms with van der Waals surface area (Å²) in [6.07, 6.45) is -4.68. The third kappa shape index (κ3) is 5.23. The minimum absolute atomic E-state index is 0.185. The molecule has 0 atom stereocenters. The molecular weight excluding hydrogens is 495 g/mol. The summed E-state index contributed by atoms with van der Waals surface area (Å²) >= 11 is 5.95. The van der Waals surface area contributed by atoms with Crippen molar-refractivity contribution in [1.29, 1.82) is 0 Å². The van der Waals surface area contributed by atoms with Crippen molar-refractivity contribution in [2.45, 2.75) is 26.1 Å². The van der Waals surface area contributed by atoms with E-state index in [1.165, 1.54) is 23.8 Å². The molecule has 0 aliphatic heterocycles. The maximum Gasteiger partial charge on any atom is 0.416 e. The molecule has 4 aromatic rings. The number of ether oxygens (including phenoxy) is 2. The summed E-state index contributed by atoms with van der Waals surface area (Å²) < 4.78 is 51.0. The van der Waals surface area contributed by atoms with Crippen LogP contribution in [0, 0.1) is 6.92 Å². The number of esters is 1. The largest absolute Gasteiger partial charge is 0.497 e. The Morgan fingerprint density at radius 1 is 1.00 bits per heavy atom. The van der Waals surface area contributed by atoms with E-state index in [-0.39, 0.29) is 24.5 Å². The number of aromatic nitrogens is 1. The molecule has 0 radical (unpaired) electrons. The van der Waals surface area contributed by atoms with E-state index in [0.29, 0.717) is 38.5 Å². The van der Waals surface area contributed by atoms with E-state index >= 15 is 0 Å². The van der Waals surface area contributed by atoms with Crippen molar-refractivity contribution < 1.29 is 32.2 Å². The molecule has 0 spiro atoms. The lowest BCUT2D eigenvalue weighted by atomic mass is 10.1. The highest BCUT2D eigenvalue weighted by Crippen LogP contribution is 2.32. The number of carbonyl (C=O) groups is 2. The summed E-state index contributed by atoms with van der Waals surface area (Å²) in [5.74, 6) is -0.406. The first-order chi connectivity index (χ1) is 17.1. The Bertz CT molecular complexity index is 1440. The van der Waals surface area contributed by atoms with Crippen molar-refractivity contribution in [3.8, 4) is 5.75 Å². The third-order valence-electron chi connectivity index (χ3n) is 5.81. The molecule has 0 saturated heterocycles. The van der Waals surface area contributed by atoms with Gasteiger partial charge in [-0.3, -0.25) is 14.2 Å². The van der Waals surface area contributed by atoms with Crippen LogP contribution in [0.15, 0.2) is 66.7 Å². The van der Waals surface area contributed by atoms with Crippen molar-refractivity contribution in [3.63, 3.8) is 0 Å². The minimum atomic E-state index is -4.49. The predicted molar refractivity (Wildman–Crippen MR) is 129 cm³/mol. The number of hydrogen-bond acceptors (Lipinski definition) is 4. The fourth-order valence-electron chi connectivity index (χ4n) is 3.99. The van der Waals surface area contributed by atoms with Gasteiger partial charge in [-0.2, -0.15) is 13.2 Å². The molecule has 0 aliphatic rings. The van der Waals surface area contributed by atoms with Gasteiger partial charge in [0.05, 0.1) is 24.6 Å². The molecule has 9 heteroatoms. The summed E-state index contributed by atoms with van der Waals surface area (Å²) in [5, 5.41) is 1.12. The van der Waals surface area contributed by atoms with Crippen LogP contribution in [0.25, 0.3) is 10.9 Å². The number of nitrogens with zero attached hydrogens (tertiary/aromatic N) is 1. The first kappa shape index (κ1) is 25.3. The quantitative estimate of drug-likeness (QED) is 0.271. The summed E-state index contributed by atoms with van der Waals surface area (Å²) in [6.45, 7) is 1.41. The number of fused-ring (bicyclic) bond motifs is 1. The van der Waals surface area contributed by atoms with Crippen LogP contribution in [0.4, 0.5) is 13.2 Å². The molecule has 0 aliphatic carbocycles. The van der Waals surface area contributed by atoms with Crippen molar-refractivity contribution in [3.05, 3.63) is 99.7 Å². The molecule has 36 heavy (non-hydrogen) atoms. The van der Waals surface area contributed by atoms with Crippen molar-refractivity contribution in [2.24, 2.45) is 0 Å². The fourth-order valence-corrected chi connectivity index (χ4v) is 4.12. The normalized spacial score (nSPS) is 11.5. The molecule has 186 valence electrons. The van der Waals surface area contributed by atoms with E-state index in [1.54, 1.807) is 49.4 Å². The molecular formula is C27H21ClF3NO4. The number of benzene rings is 3. The standard InChI is InChI=1S/C27H21ClF3NO4/c1-16-22(14-25(33)36-15-17-4-3-5-19(12-17)27(29,30)31)23-13-21(35-2)10-11-24(23)32(16)26(34)18-6-8-20(28)9-7-18/h3-13H,14-15H2,1-2H3. The van der Waals surface area contributed by atoms with Crippen molar-refractivity contribution >= 4 is 34.4 Å². The second-order valence-electron chi connectivity index (χ2n) is 8.13.